The Morgan fingerprint density at radius 2 is 1.84 bits per heavy atom. The summed E-state index contributed by atoms with van der Waals surface area (Å²) in [7, 11) is -4.16. The highest BCUT2D eigenvalue weighted by Gasteiger charge is 2.36. The molecule has 8 heteroatoms. The summed E-state index contributed by atoms with van der Waals surface area (Å²) >= 11 is 0. The van der Waals surface area contributed by atoms with Crippen LogP contribution in [0.3, 0.4) is 0 Å². The van der Waals surface area contributed by atoms with Crippen LogP contribution >= 0.6 is 0 Å². The average Bonchev–Trinajstić information content (AvgIpc) is 2.91. The van der Waals surface area contributed by atoms with E-state index in [9.17, 15) is 22.0 Å². The highest BCUT2D eigenvalue weighted by Crippen LogP contribution is 2.25. The lowest BCUT2D eigenvalue weighted by Gasteiger charge is -2.18. The molecule has 5 nitrogen and oxygen atoms in total. The van der Waals surface area contributed by atoms with Crippen molar-refractivity contribution in [2.75, 3.05) is 11.4 Å². The number of carbonyl (C=O) groups excluding carboxylic acids is 1. The second kappa shape index (κ2) is 6.53. The van der Waals surface area contributed by atoms with Crippen molar-refractivity contribution < 1.29 is 22.0 Å². The van der Waals surface area contributed by atoms with E-state index in [0.29, 0.717) is 11.3 Å². The van der Waals surface area contributed by atoms with Gasteiger partial charge in [-0.15, -0.1) is 0 Å². The van der Waals surface area contributed by atoms with Gasteiger partial charge in [-0.25, -0.2) is 17.2 Å². The minimum absolute atomic E-state index is 0.239. The molecule has 132 valence electrons. The van der Waals surface area contributed by atoms with Crippen LogP contribution in [0.4, 0.5) is 14.5 Å². The quantitative estimate of drug-likeness (QED) is 0.903. The topological polar surface area (TPSA) is 66.5 Å². The first kappa shape index (κ1) is 17.5. The Labute approximate surface area is 144 Å². The third-order valence-electron chi connectivity index (χ3n) is 4.08. The van der Waals surface area contributed by atoms with Gasteiger partial charge in [0.25, 0.3) is 0 Å². The maximum absolute atomic E-state index is 13.7. The predicted molar refractivity (Wildman–Crippen MR) is 88.6 cm³/mol. The van der Waals surface area contributed by atoms with E-state index in [1.165, 1.54) is 35.2 Å². The second-order valence-electron chi connectivity index (χ2n) is 5.82. The van der Waals surface area contributed by atoms with E-state index in [-0.39, 0.29) is 18.8 Å². The zero-order chi connectivity index (χ0) is 18.2. The molecule has 0 bridgehead atoms. The number of carbonyl (C=O) groups is 1. The van der Waals surface area contributed by atoms with Crippen LogP contribution in [0.1, 0.15) is 12.0 Å². The SMILES string of the molecule is Cc1cc(N2CCC(NS(=O)(=O)c3ccccc3F)C2=O)ccc1F. The first-order chi connectivity index (χ1) is 11.8. The van der Waals surface area contributed by atoms with Crippen LogP contribution in [0.2, 0.25) is 0 Å². The Morgan fingerprint density at radius 3 is 2.52 bits per heavy atom. The average molecular weight is 366 g/mol. The minimum Gasteiger partial charge on any atom is -0.311 e. The summed E-state index contributed by atoms with van der Waals surface area (Å²) in [4.78, 5) is 13.4. The molecule has 1 fully saturated rings. The first-order valence-corrected chi connectivity index (χ1v) is 9.12. The Morgan fingerprint density at radius 1 is 1.12 bits per heavy atom. The molecule has 1 unspecified atom stereocenters. The van der Waals surface area contributed by atoms with Crippen LogP contribution in [0, 0.1) is 18.6 Å². The number of halogens is 2. The van der Waals surface area contributed by atoms with Crippen molar-refractivity contribution in [1.29, 1.82) is 0 Å². The molecule has 3 rings (SSSR count). The van der Waals surface area contributed by atoms with Crippen molar-refractivity contribution in [1.82, 2.24) is 4.72 Å². The smallest absolute Gasteiger partial charge is 0.245 e. The maximum atomic E-state index is 13.7. The van der Waals surface area contributed by atoms with Gasteiger partial charge in [-0.05, 0) is 49.2 Å². The number of nitrogens with one attached hydrogen (secondary N) is 1. The lowest BCUT2D eigenvalue weighted by atomic mass is 10.2. The molecule has 2 aromatic rings. The number of benzene rings is 2. The van der Waals surface area contributed by atoms with E-state index in [4.69, 9.17) is 0 Å². The fourth-order valence-corrected chi connectivity index (χ4v) is 4.06. The molecule has 1 atom stereocenters. The largest absolute Gasteiger partial charge is 0.311 e. The Kier molecular flexibility index (Phi) is 4.57. The van der Waals surface area contributed by atoms with E-state index >= 15 is 0 Å². The van der Waals surface area contributed by atoms with Crippen molar-refractivity contribution in [2.45, 2.75) is 24.3 Å². The second-order valence-corrected chi connectivity index (χ2v) is 7.50. The van der Waals surface area contributed by atoms with Gasteiger partial charge >= 0.3 is 0 Å². The molecule has 1 amide bonds. The molecular weight excluding hydrogens is 350 g/mol. The fourth-order valence-electron chi connectivity index (χ4n) is 2.76. The third-order valence-corrected chi connectivity index (χ3v) is 5.59. The van der Waals surface area contributed by atoms with Crippen molar-refractivity contribution in [2.24, 2.45) is 0 Å². The molecule has 2 aromatic carbocycles. The zero-order valence-corrected chi connectivity index (χ0v) is 14.2. The van der Waals surface area contributed by atoms with Gasteiger partial charge in [0.15, 0.2) is 0 Å². The van der Waals surface area contributed by atoms with Crippen molar-refractivity contribution in [3.05, 3.63) is 59.7 Å². The summed E-state index contributed by atoms with van der Waals surface area (Å²) < 4.78 is 54.0. The first-order valence-electron chi connectivity index (χ1n) is 7.64. The standard InChI is InChI=1S/C17H16F2N2O3S/c1-11-10-12(6-7-13(11)18)21-9-8-15(17(21)22)20-25(23,24)16-5-3-2-4-14(16)19/h2-7,10,15,20H,8-9H2,1H3. The fraction of sp³-hybridized carbons (Fsp3) is 0.235. The van der Waals surface area contributed by atoms with Crippen LogP contribution in [0.5, 0.6) is 0 Å². The molecule has 0 aliphatic carbocycles. The Bertz CT molecular complexity index is 931. The summed E-state index contributed by atoms with van der Waals surface area (Å²) in [5.74, 6) is -1.72. The van der Waals surface area contributed by atoms with Crippen LogP contribution < -0.4 is 9.62 Å². The Balaban J connectivity index is 1.80. The van der Waals surface area contributed by atoms with E-state index < -0.39 is 32.7 Å². The summed E-state index contributed by atoms with van der Waals surface area (Å²) in [5, 5.41) is 0. The van der Waals surface area contributed by atoms with E-state index in [1.54, 1.807) is 6.92 Å². The van der Waals surface area contributed by atoms with Crippen LogP contribution in [0.25, 0.3) is 0 Å². The van der Waals surface area contributed by atoms with Gasteiger partial charge in [0.2, 0.25) is 15.9 Å². The summed E-state index contributed by atoms with van der Waals surface area (Å²) in [6, 6.07) is 8.23. The lowest BCUT2D eigenvalue weighted by Crippen LogP contribution is -2.41. The molecule has 1 aliphatic heterocycles. The number of hydrogen-bond donors (Lipinski definition) is 1. The van der Waals surface area contributed by atoms with Crippen LogP contribution in [0.15, 0.2) is 47.4 Å². The van der Waals surface area contributed by atoms with Crippen molar-refractivity contribution in [3.63, 3.8) is 0 Å². The highest BCUT2D eigenvalue weighted by molar-refractivity contribution is 7.89. The van der Waals surface area contributed by atoms with Crippen molar-refractivity contribution >= 4 is 21.6 Å². The molecular formula is C17H16F2N2O3S. The minimum atomic E-state index is -4.16. The van der Waals surface area contributed by atoms with Crippen molar-refractivity contribution in [3.8, 4) is 0 Å². The van der Waals surface area contributed by atoms with E-state index in [2.05, 4.69) is 4.72 Å². The van der Waals surface area contributed by atoms with Crippen LogP contribution in [-0.4, -0.2) is 26.9 Å². The molecule has 1 aliphatic rings. The predicted octanol–water partition coefficient (Wildman–Crippen LogP) is 2.36. The number of hydrogen-bond acceptors (Lipinski definition) is 3. The Hall–Kier alpha value is -2.32. The molecule has 1 N–H and O–H groups in total. The van der Waals surface area contributed by atoms with E-state index in [0.717, 1.165) is 12.1 Å². The van der Waals surface area contributed by atoms with E-state index in [1.807, 2.05) is 0 Å². The van der Waals surface area contributed by atoms with Gasteiger partial charge in [-0.3, -0.25) is 4.79 Å². The summed E-state index contributed by atoms with van der Waals surface area (Å²) in [6.07, 6.45) is 0.239. The van der Waals surface area contributed by atoms with Gasteiger partial charge in [-0.2, -0.15) is 4.72 Å². The molecule has 0 saturated carbocycles. The van der Waals surface area contributed by atoms with Crippen LogP contribution in [-0.2, 0) is 14.8 Å². The third kappa shape index (κ3) is 3.40. The molecule has 0 spiro atoms. The van der Waals surface area contributed by atoms with Gasteiger partial charge in [-0.1, -0.05) is 12.1 Å². The van der Waals surface area contributed by atoms with Gasteiger partial charge in [0, 0.05) is 12.2 Å². The number of rotatable bonds is 4. The monoisotopic (exact) mass is 366 g/mol. The number of nitrogens with zero attached hydrogens (tertiary/aromatic N) is 1. The number of sulfonamides is 1. The molecule has 1 heterocycles. The molecule has 0 aromatic heterocycles. The zero-order valence-electron chi connectivity index (χ0n) is 13.4. The molecule has 0 radical (unpaired) electrons. The highest BCUT2D eigenvalue weighted by atomic mass is 32.2. The van der Waals surface area contributed by atoms with Gasteiger partial charge in [0.1, 0.15) is 22.6 Å². The van der Waals surface area contributed by atoms with Gasteiger partial charge < -0.3 is 4.90 Å². The lowest BCUT2D eigenvalue weighted by molar-refractivity contribution is -0.118. The normalized spacial score (nSPS) is 18.0. The number of anilines is 1. The summed E-state index contributed by atoms with van der Waals surface area (Å²) in [6.45, 7) is 1.87. The summed E-state index contributed by atoms with van der Waals surface area (Å²) in [5.41, 5.74) is 0.886. The number of aryl methyl sites for hydroxylation is 1. The number of amides is 1. The molecule has 25 heavy (non-hydrogen) atoms. The molecule has 1 saturated heterocycles. The maximum Gasteiger partial charge on any atom is 0.245 e. The van der Waals surface area contributed by atoms with Gasteiger partial charge in [0.05, 0.1) is 0 Å².